The highest BCUT2D eigenvalue weighted by molar-refractivity contribution is 6.06. The second kappa shape index (κ2) is 5.54. The Bertz CT molecular complexity index is 730. The van der Waals surface area contributed by atoms with Gasteiger partial charge in [0.05, 0.1) is 11.8 Å². The first-order chi connectivity index (χ1) is 11.5. The molecule has 3 amide bonds. The van der Waals surface area contributed by atoms with Gasteiger partial charge >= 0.3 is 0 Å². The van der Waals surface area contributed by atoms with Crippen molar-refractivity contribution in [2.45, 2.75) is 12.8 Å². The summed E-state index contributed by atoms with van der Waals surface area (Å²) in [6.45, 7) is 0.0747. The first-order valence-electron chi connectivity index (χ1n) is 8.13. The molecule has 0 unspecified atom stereocenters. The average molecular weight is 328 g/mol. The molecule has 4 atom stereocenters. The van der Waals surface area contributed by atoms with Crippen LogP contribution in [0, 0.1) is 29.5 Å². The number of halogens is 1. The summed E-state index contributed by atoms with van der Waals surface area (Å²) in [4.78, 5) is 38.2. The van der Waals surface area contributed by atoms with Crippen molar-refractivity contribution in [2.24, 2.45) is 23.7 Å². The van der Waals surface area contributed by atoms with Crippen LogP contribution in [0.1, 0.15) is 12.8 Å². The third kappa shape index (κ3) is 2.33. The van der Waals surface area contributed by atoms with Gasteiger partial charge in [0.15, 0.2) is 0 Å². The van der Waals surface area contributed by atoms with Gasteiger partial charge < -0.3 is 5.32 Å². The van der Waals surface area contributed by atoms with E-state index in [4.69, 9.17) is 0 Å². The predicted molar refractivity (Wildman–Crippen MR) is 84.1 cm³/mol. The van der Waals surface area contributed by atoms with Crippen molar-refractivity contribution >= 4 is 23.4 Å². The molecule has 2 aliphatic carbocycles. The fraction of sp³-hybridized carbons (Fsp3) is 0.389. The van der Waals surface area contributed by atoms with Crippen LogP contribution in [0.2, 0.25) is 0 Å². The zero-order valence-corrected chi connectivity index (χ0v) is 12.9. The minimum atomic E-state index is -0.437. The highest BCUT2D eigenvalue weighted by Gasteiger charge is 2.58. The van der Waals surface area contributed by atoms with E-state index in [2.05, 4.69) is 5.32 Å². The maximum absolute atomic E-state index is 13.1. The molecule has 1 heterocycles. The summed E-state index contributed by atoms with van der Waals surface area (Å²) in [5, 5.41) is 2.58. The van der Waals surface area contributed by atoms with Crippen LogP contribution >= 0.6 is 0 Å². The number of carbonyl (C=O) groups is 3. The number of carbonyl (C=O) groups excluding carboxylic acids is 3. The van der Waals surface area contributed by atoms with Crippen molar-refractivity contribution in [1.82, 2.24) is 4.90 Å². The van der Waals surface area contributed by atoms with Gasteiger partial charge in [0.2, 0.25) is 17.7 Å². The Hall–Kier alpha value is -2.50. The number of fused-ring (bicyclic) bond motifs is 5. The summed E-state index contributed by atoms with van der Waals surface area (Å²) < 4.78 is 13.1. The number of hydrogen-bond donors (Lipinski definition) is 1. The molecular weight excluding hydrogens is 311 g/mol. The number of likely N-dealkylation sites (tertiary alicyclic amines) is 1. The van der Waals surface area contributed by atoms with E-state index in [1.807, 2.05) is 12.2 Å². The SMILES string of the molecule is O=C(CCN1C(=O)[C@@H]2[C@H](C1=O)[C@H]1C=C[C@H]2C1)Nc1cccc(F)c1. The lowest BCUT2D eigenvalue weighted by Crippen LogP contribution is -2.35. The minimum absolute atomic E-state index is 0.0101. The lowest BCUT2D eigenvalue weighted by atomic mass is 9.85. The standard InChI is InChI=1S/C18H17FN2O3/c19-12-2-1-3-13(9-12)20-14(22)6-7-21-17(23)15-10-4-5-11(8-10)16(15)18(21)24/h1-5,9-11,15-16H,6-8H2,(H,20,22)/t10-,11-,15-,16+/m0/s1. The predicted octanol–water partition coefficient (Wildman–Crippen LogP) is 1.96. The van der Waals surface area contributed by atoms with Gasteiger partial charge in [-0.15, -0.1) is 0 Å². The van der Waals surface area contributed by atoms with E-state index < -0.39 is 5.82 Å². The summed E-state index contributed by atoms with van der Waals surface area (Å²) in [7, 11) is 0. The number of benzene rings is 1. The average Bonchev–Trinajstić information content (AvgIpc) is 3.20. The van der Waals surface area contributed by atoms with E-state index in [0.29, 0.717) is 5.69 Å². The molecular formula is C18H17FN2O3. The Kier molecular flexibility index (Phi) is 3.48. The van der Waals surface area contributed by atoms with Gasteiger partial charge in [0.1, 0.15) is 5.82 Å². The molecule has 124 valence electrons. The van der Waals surface area contributed by atoms with Crippen LogP contribution in [0.25, 0.3) is 0 Å². The third-order valence-electron chi connectivity index (χ3n) is 5.23. The summed E-state index contributed by atoms with van der Waals surface area (Å²) in [6.07, 6.45) is 4.98. The maximum atomic E-state index is 13.1. The topological polar surface area (TPSA) is 66.5 Å². The highest BCUT2D eigenvalue weighted by atomic mass is 19.1. The molecule has 24 heavy (non-hydrogen) atoms. The number of hydrogen-bond acceptors (Lipinski definition) is 3. The monoisotopic (exact) mass is 328 g/mol. The van der Waals surface area contributed by atoms with E-state index in [0.717, 1.165) is 6.42 Å². The van der Waals surface area contributed by atoms with Gasteiger partial charge in [0.25, 0.3) is 0 Å². The zero-order valence-electron chi connectivity index (χ0n) is 12.9. The van der Waals surface area contributed by atoms with Gasteiger partial charge in [-0.3, -0.25) is 19.3 Å². The first-order valence-corrected chi connectivity index (χ1v) is 8.13. The van der Waals surface area contributed by atoms with E-state index in [1.165, 1.54) is 23.1 Å². The zero-order chi connectivity index (χ0) is 16.8. The van der Waals surface area contributed by atoms with Gasteiger partial charge in [-0.25, -0.2) is 4.39 Å². The second-order valence-corrected chi connectivity index (χ2v) is 6.64. The summed E-state index contributed by atoms with van der Waals surface area (Å²) in [5.74, 6) is -1.23. The molecule has 6 heteroatoms. The fourth-order valence-electron chi connectivity index (χ4n) is 4.19. The molecule has 0 radical (unpaired) electrons. The summed E-state index contributed by atoms with van der Waals surface area (Å²) in [5.41, 5.74) is 0.359. The van der Waals surface area contributed by atoms with Crippen LogP contribution in [0.15, 0.2) is 36.4 Å². The van der Waals surface area contributed by atoms with Crippen molar-refractivity contribution in [3.63, 3.8) is 0 Å². The number of allylic oxidation sites excluding steroid dienone is 2. The Labute approximate surface area is 138 Å². The molecule has 1 aromatic carbocycles. The van der Waals surface area contributed by atoms with Gasteiger partial charge in [-0.05, 0) is 36.5 Å². The number of anilines is 1. The van der Waals surface area contributed by atoms with Crippen molar-refractivity contribution in [3.05, 3.63) is 42.2 Å². The maximum Gasteiger partial charge on any atom is 0.233 e. The van der Waals surface area contributed by atoms with Crippen molar-refractivity contribution < 1.29 is 18.8 Å². The molecule has 3 aliphatic rings. The fourth-order valence-corrected chi connectivity index (χ4v) is 4.19. The molecule has 2 bridgehead atoms. The number of rotatable bonds is 4. The highest BCUT2D eigenvalue weighted by Crippen LogP contribution is 2.52. The van der Waals surface area contributed by atoms with E-state index >= 15 is 0 Å². The van der Waals surface area contributed by atoms with Crippen molar-refractivity contribution in [2.75, 3.05) is 11.9 Å². The Morgan fingerprint density at radius 2 is 1.83 bits per heavy atom. The van der Waals surface area contributed by atoms with Crippen LogP contribution in [-0.2, 0) is 14.4 Å². The van der Waals surface area contributed by atoms with Crippen LogP contribution < -0.4 is 5.32 Å². The molecule has 1 saturated heterocycles. The molecule has 1 aromatic rings. The molecule has 0 aromatic heterocycles. The normalized spacial score (nSPS) is 30.1. The Balaban J connectivity index is 1.37. The quantitative estimate of drug-likeness (QED) is 0.679. The number of nitrogens with zero attached hydrogens (tertiary/aromatic N) is 1. The van der Waals surface area contributed by atoms with Crippen molar-refractivity contribution in [1.29, 1.82) is 0 Å². The summed E-state index contributed by atoms with van der Waals surface area (Å²) >= 11 is 0. The van der Waals surface area contributed by atoms with Gasteiger partial charge in [0, 0.05) is 18.7 Å². The Morgan fingerprint density at radius 1 is 1.17 bits per heavy atom. The van der Waals surface area contributed by atoms with Crippen LogP contribution in [-0.4, -0.2) is 29.2 Å². The Morgan fingerprint density at radius 3 is 2.46 bits per heavy atom. The third-order valence-corrected chi connectivity index (χ3v) is 5.23. The van der Waals surface area contributed by atoms with E-state index in [9.17, 15) is 18.8 Å². The van der Waals surface area contributed by atoms with Crippen molar-refractivity contribution in [3.8, 4) is 0 Å². The van der Waals surface area contributed by atoms with E-state index in [-0.39, 0.29) is 54.4 Å². The lowest BCUT2D eigenvalue weighted by molar-refractivity contribution is -0.140. The molecule has 1 aliphatic heterocycles. The lowest BCUT2D eigenvalue weighted by Gasteiger charge is -2.16. The van der Waals surface area contributed by atoms with E-state index in [1.54, 1.807) is 6.07 Å². The smallest absolute Gasteiger partial charge is 0.233 e. The molecule has 0 spiro atoms. The largest absolute Gasteiger partial charge is 0.326 e. The first kappa shape index (κ1) is 15.1. The number of imide groups is 1. The van der Waals surface area contributed by atoms with Crippen LogP contribution in [0.4, 0.5) is 10.1 Å². The van der Waals surface area contributed by atoms with Crippen LogP contribution in [0.5, 0.6) is 0 Å². The molecule has 1 N–H and O–H groups in total. The van der Waals surface area contributed by atoms with Gasteiger partial charge in [-0.1, -0.05) is 18.2 Å². The molecule has 1 saturated carbocycles. The van der Waals surface area contributed by atoms with Crippen LogP contribution in [0.3, 0.4) is 0 Å². The molecule has 2 fully saturated rings. The number of amides is 3. The molecule has 4 rings (SSSR count). The number of nitrogens with one attached hydrogen (secondary N) is 1. The van der Waals surface area contributed by atoms with Gasteiger partial charge in [-0.2, -0.15) is 0 Å². The summed E-state index contributed by atoms with van der Waals surface area (Å²) in [6, 6.07) is 5.60. The molecule has 5 nitrogen and oxygen atoms in total. The second-order valence-electron chi connectivity index (χ2n) is 6.64. The minimum Gasteiger partial charge on any atom is -0.326 e.